The van der Waals surface area contributed by atoms with Gasteiger partial charge in [0, 0.05) is 47.9 Å². The average molecular weight is 543 g/mol. The zero-order chi connectivity index (χ0) is 20.6. The predicted molar refractivity (Wildman–Crippen MR) is 135 cm³/mol. The molecule has 2 heterocycles. The largest absolute Gasteiger partial charge is 0.497 e. The van der Waals surface area contributed by atoms with Gasteiger partial charge in [0.2, 0.25) is 0 Å². The van der Waals surface area contributed by atoms with Crippen LogP contribution in [-0.4, -0.2) is 43.7 Å². The Morgan fingerprint density at radius 2 is 2.03 bits per heavy atom. The number of rotatable bonds is 9. The van der Waals surface area contributed by atoms with Crippen molar-refractivity contribution in [3.63, 3.8) is 0 Å². The predicted octanol–water partition coefficient (Wildman–Crippen LogP) is 4.12. The van der Waals surface area contributed by atoms with Crippen LogP contribution in [0.25, 0.3) is 10.9 Å². The maximum Gasteiger partial charge on any atom is 0.191 e. The number of aliphatic imine (C=N–C) groups is 1. The van der Waals surface area contributed by atoms with Crippen molar-refractivity contribution in [3.8, 4) is 11.5 Å². The molecule has 1 aromatic carbocycles. The molecule has 0 fully saturated rings. The maximum atomic E-state index is 5.49. The molecule has 3 aromatic rings. The van der Waals surface area contributed by atoms with Crippen molar-refractivity contribution in [2.75, 3.05) is 27.8 Å². The molecular formula is C21H30IN5O2S. The SMILES string of the molecule is CCc1cnc(CNC(=NC)NCCCc2cc3c(OC)cc(OC)cc3[nH]2)s1.I. The van der Waals surface area contributed by atoms with E-state index in [2.05, 4.69) is 38.6 Å². The van der Waals surface area contributed by atoms with E-state index in [0.29, 0.717) is 6.54 Å². The van der Waals surface area contributed by atoms with E-state index >= 15 is 0 Å². The number of fused-ring (bicyclic) bond motifs is 1. The first-order chi connectivity index (χ1) is 14.2. The minimum atomic E-state index is 0. The highest BCUT2D eigenvalue weighted by Crippen LogP contribution is 2.31. The Morgan fingerprint density at radius 1 is 1.20 bits per heavy atom. The molecule has 0 atom stereocenters. The Labute approximate surface area is 198 Å². The lowest BCUT2D eigenvalue weighted by Gasteiger charge is -2.10. The lowest BCUT2D eigenvalue weighted by molar-refractivity contribution is 0.398. The van der Waals surface area contributed by atoms with Crippen molar-refractivity contribution in [1.29, 1.82) is 0 Å². The van der Waals surface area contributed by atoms with Crippen LogP contribution in [0.3, 0.4) is 0 Å². The number of hydrogen-bond acceptors (Lipinski definition) is 5. The minimum Gasteiger partial charge on any atom is -0.497 e. The first-order valence-corrected chi connectivity index (χ1v) is 10.6. The van der Waals surface area contributed by atoms with Gasteiger partial charge in [-0.3, -0.25) is 4.99 Å². The lowest BCUT2D eigenvalue weighted by Crippen LogP contribution is -2.37. The summed E-state index contributed by atoms with van der Waals surface area (Å²) in [7, 11) is 5.12. The number of methoxy groups -OCH3 is 2. The van der Waals surface area contributed by atoms with Crippen molar-refractivity contribution in [3.05, 3.63) is 40.0 Å². The number of nitrogens with one attached hydrogen (secondary N) is 3. The summed E-state index contributed by atoms with van der Waals surface area (Å²) in [6.45, 7) is 3.66. The number of aromatic nitrogens is 2. The second-order valence-electron chi connectivity index (χ2n) is 6.62. The van der Waals surface area contributed by atoms with Gasteiger partial charge < -0.3 is 25.1 Å². The Kier molecular flexibility index (Phi) is 9.70. The van der Waals surface area contributed by atoms with Crippen LogP contribution in [0.15, 0.2) is 29.4 Å². The lowest BCUT2D eigenvalue weighted by atomic mass is 10.2. The van der Waals surface area contributed by atoms with Gasteiger partial charge in [-0.25, -0.2) is 4.98 Å². The number of hydrogen-bond donors (Lipinski definition) is 3. The number of aryl methyl sites for hydroxylation is 2. The molecule has 3 rings (SSSR count). The molecule has 0 amide bonds. The molecule has 0 unspecified atom stereocenters. The van der Waals surface area contributed by atoms with Crippen LogP contribution in [0.4, 0.5) is 0 Å². The van der Waals surface area contributed by atoms with E-state index in [4.69, 9.17) is 9.47 Å². The molecule has 164 valence electrons. The van der Waals surface area contributed by atoms with Gasteiger partial charge in [-0.2, -0.15) is 0 Å². The molecule has 9 heteroatoms. The van der Waals surface area contributed by atoms with Crippen LogP contribution >= 0.6 is 35.3 Å². The molecule has 2 aromatic heterocycles. The third kappa shape index (κ3) is 6.24. The highest BCUT2D eigenvalue weighted by atomic mass is 127. The van der Waals surface area contributed by atoms with Crippen molar-refractivity contribution in [2.24, 2.45) is 4.99 Å². The molecular weight excluding hydrogens is 513 g/mol. The van der Waals surface area contributed by atoms with Gasteiger partial charge in [0.25, 0.3) is 0 Å². The quantitative estimate of drug-likeness (QED) is 0.164. The molecule has 0 aliphatic rings. The molecule has 7 nitrogen and oxygen atoms in total. The van der Waals surface area contributed by atoms with E-state index in [9.17, 15) is 0 Å². The summed E-state index contributed by atoms with van der Waals surface area (Å²) in [4.78, 5) is 13.5. The summed E-state index contributed by atoms with van der Waals surface area (Å²) in [5, 5.41) is 8.83. The minimum absolute atomic E-state index is 0. The van der Waals surface area contributed by atoms with Gasteiger partial charge in [-0.05, 0) is 25.3 Å². The summed E-state index contributed by atoms with van der Waals surface area (Å²) < 4.78 is 10.8. The second kappa shape index (κ2) is 12.0. The van der Waals surface area contributed by atoms with Crippen LogP contribution < -0.4 is 20.1 Å². The molecule has 0 saturated heterocycles. The number of guanidine groups is 1. The van der Waals surface area contributed by atoms with Crippen LogP contribution in [0.1, 0.15) is 28.9 Å². The molecule has 0 aliphatic heterocycles. The third-order valence-corrected chi connectivity index (χ3v) is 5.82. The number of aromatic amines is 1. The average Bonchev–Trinajstić information content (AvgIpc) is 3.38. The Balaban J connectivity index is 0.00000320. The van der Waals surface area contributed by atoms with Crippen molar-refractivity contribution in [1.82, 2.24) is 20.6 Å². The van der Waals surface area contributed by atoms with Crippen LogP contribution in [-0.2, 0) is 19.4 Å². The Morgan fingerprint density at radius 3 is 2.70 bits per heavy atom. The number of thiazole rings is 1. The summed E-state index contributed by atoms with van der Waals surface area (Å²) in [5.74, 6) is 2.39. The second-order valence-corrected chi connectivity index (χ2v) is 7.82. The van der Waals surface area contributed by atoms with E-state index in [-0.39, 0.29) is 24.0 Å². The van der Waals surface area contributed by atoms with Crippen molar-refractivity contribution < 1.29 is 9.47 Å². The molecule has 0 saturated carbocycles. The van der Waals surface area contributed by atoms with Crippen LogP contribution in [0.5, 0.6) is 11.5 Å². The fourth-order valence-corrected chi connectivity index (χ4v) is 3.92. The van der Waals surface area contributed by atoms with Crippen LogP contribution in [0, 0.1) is 0 Å². The summed E-state index contributed by atoms with van der Waals surface area (Å²) >= 11 is 1.74. The molecule has 3 N–H and O–H groups in total. The van der Waals surface area contributed by atoms with Gasteiger partial charge in [-0.1, -0.05) is 6.92 Å². The maximum absolute atomic E-state index is 5.49. The summed E-state index contributed by atoms with van der Waals surface area (Å²) in [6, 6.07) is 6.05. The van der Waals surface area contributed by atoms with Crippen molar-refractivity contribution >= 4 is 52.2 Å². The number of H-pyrrole nitrogens is 1. The molecule has 30 heavy (non-hydrogen) atoms. The van der Waals surface area contributed by atoms with E-state index in [1.807, 2.05) is 18.3 Å². The van der Waals surface area contributed by atoms with Crippen LogP contribution in [0.2, 0.25) is 0 Å². The molecule has 0 spiro atoms. The number of ether oxygens (including phenoxy) is 2. The fourth-order valence-electron chi connectivity index (χ4n) is 3.12. The molecule has 0 aliphatic carbocycles. The zero-order valence-electron chi connectivity index (χ0n) is 17.9. The number of nitrogens with zero attached hydrogens (tertiary/aromatic N) is 2. The molecule has 0 radical (unpaired) electrons. The first kappa shape index (κ1) is 24.3. The van der Waals surface area contributed by atoms with E-state index in [1.54, 1.807) is 32.6 Å². The number of halogens is 1. The third-order valence-electron chi connectivity index (χ3n) is 4.68. The van der Waals surface area contributed by atoms with E-state index in [0.717, 1.165) is 59.2 Å². The van der Waals surface area contributed by atoms with Gasteiger partial charge in [0.15, 0.2) is 5.96 Å². The number of benzene rings is 1. The highest BCUT2D eigenvalue weighted by molar-refractivity contribution is 14.0. The van der Waals surface area contributed by atoms with E-state index < -0.39 is 0 Å². The fraction of sp³-hybridized carbons (Fsp3) is 0.429. The van der Waals surface area contributed by atoms with Gasteiger partial charge in [-0.15, -0.1) is 35.3 Å². The van der Waals surface area contributed by atoms with Gasteiger partial charge >= 0.3 is 0 Å². The first-order valence-electron chi connectivity index (χ1n) is 9.78. The standard InChI is InChI=1S/C21H29N5O2S.HI/c1-5-16-12-24-20(29-16)13-25-21(22-2)23-8-6-7-14-9-17-18(26-14)10-15(27-3)11-19(17)28-4;/h9-12,26H,5-8,13H2,1-4H3,(H2,22,23,25);1H. The topological polar surface area (TPSA) is 83.6 Å². The summed E-state index contributed by atoms with van der Waals surface area (Å²) in [5.41, 5.74) is 2.20. The van der Waals surface area contributed by atoms with Gasteiger partial charge in [0.1, 0.15) is 16.5 Å². The zero-order valence-corrected chi connectivity index (χ0v) is 21.0. The smallest absolute Gasteiger partial charge is 0.191 e. The Hall–Kier alpha value is -2.01. The molecule has 0 bridgehead atoms. The van der Waals surface area contributed by atoms with E-state index in [1.165, 1.54) is 10.6 Å². The Bertz CT molecular complexity index is 970. The monoisotopic (exact) mass is 543 g/mol. The highest BCUT2D eigenvalue weighted by Gasteiger charge is 2.09. The summed E-state index contributed by atoms with van der Waals surface area (Å²) in [6.07, 6.45) is 4.88. The normalized spacial score (nSPS) is 11.3. The van der Waals surface area contributed by atoms with Crippen molar-refractivity contribution in [2.45, 2.75) is 32.7 Å². The van der Waals surface area contributed by atoms with Gasteiger partial charge in [0.05, 0.1) is 26.3 Å².